The number of anilines is 1. The molecule has 2 aromatic rings. The number of hydrogen-bond donors (Lipinski definition) is 2. The highest BCUT2D eigenvalue weighted by Gasteiger charge is 2.25. The van der Waals surface area contributed by atoms with Crippen molar-refractivity contribution in [3.05, 3.63) is 65.2 Å². The average molecular weight is 377 g/mol. The molecular weight excluding hydrogens is 350 g/mol. The second-order valence-electron chi connectivity index (χ2n) is 7.90. The highest BCUT2D eigenvalue weighted by molar-refractivity contribution is 5.97. The minimum atomic E-state index is -0.0745. The van der Waals surface area contributed by atoms with Crippen LogP contribution in [0.3, 0.4) is 0 Å². The van der Waals surface area contributed by atoms with Crippen LogP contribution >= 0.6 is 0 Å². The number of benzene rings is 2. The van der Waals surface area contributed by atoms with Crippen LogP contribution in [0.2, 0.25) is 0 Å². The van der Waals surface area contributed by atoms with Crippen molar-refractivity contribution in [1.82, 2.24) is 10.2 Å². The molecule has 1 unspecified atom stereocenters. The van der Waals surface area contributed by atoms with Crippen LogP contribution in [-0.2, 0) is 11.2 Å². The lowest BCUT2D eigenvalue weighted by Crippen LogP contribution is -2.35. The molecule has 0 spiro atoms. The molecule has 0 saturated heterocycles. The largest absolute Gasteiger partial charge is 0.349 e. The molecule has 0 heterocycles. The Labute approximate surface area is 166 Å². The van der Waals surface area contributed by atoms with E-state index in [2.05, 4.69) is 39.8 Å². The summed E-state index contributed by atoms with van der Waals surface area (Å²) in [6.07, 6.45) is 5.43. The molecule has 146 valence electrons. The van der Waals surface area contributed by atoms with Gasteiger partial charge in [-0.25, -0.2) is 0 Å². The smallest absolute Gasteiger partial charge is 0.251 e. The molecule has 2 aromatic carbocycles. The van der Waals surface area contributed by atoms with Crippen molar-refractivity contribution in [2.45, 2.75) is 44.2 Å². The van der Waals surface area contributed by atoms with Gasteiger partial charge in [-0.15, -0.1) is 0 Å². The van der Waals surface area contributed by atoms with Crippen LogP contribution in [0.4, 0.5) is 5.69 Å². The van der Waals surface area contributed by atoms with Gasteiger partial charge in [0.1, 0.15) is 0 Å². The molecule has 2 N–H and O–H groups in total. The molecule has 2 amide bonds. The van der Waals surface area contributed by atoms with Crippen LogP contribution in [0.5, 0.6) is 0 Å². The van der Waals surface area contributed by atoms with Gasteiger partial charge in [-0.2, -0.15) is 0 Å². The predicted octanol–water partition coefficient (Wildman–Crippen LogP) is 3.53. The van der Waals surface area contributed by atoms with Crippen molar-refractivity contribution in [3.8, 4) is 0 Å². The van der Waals surface area contributed by atoms with E-state index in [-0.39, 0.29) is 17.9 Å². The minimum absolute atomic E-state index is 0.0645. The summed E-state index contributed by atoms with van der Waals surface area (Å²) in [6.45, 7) is 0.317. The lowest BCUT2D eigenvalue weighted by molar-refractivity contribution is -0.117. The maximum Gasteiger partial charge on any atom is 0.251 e. The van der Waals surface area contributed by atoms with Crippen molar-refractivity contribution in [2.75, 3.05) is 18.9 Å². The van der Waals surface area contributed by atoms with Crippen LogP contribution in [0.1, 0.15) is 53.2 Å². The Balaban J connectivity index is 1.37. The van der Waals surface area contributed by atoms with Gasteiger partial charge >= 0.3 is 0 Å². The summed E-state index contributed by atoms with van der Waals surface area (Å²) in [7, 11) is 2.01. The van der Waals surface area contributed by atoms with Crippen molar-refractivity contribution < 1.29 is 9.59 Å². The number of nitrogens with one attached hydrogen (secondary N) is 2. The summed E-state index contributed by atoms with van der Waals surface area (Å²) in [6, 6.07) is 16.3. The normalized spacial score (nSPS) is 18.4. The van der Waals surface area contributed by atoms with Gasteiger partial charge < -0.3 is 10.6 Å². The molecule has 4 rings (SSSR count). The fourth-order valence-electron chi connectivity index (χ4n) is 3.96. The van der Waals surface area contributed by atoms with Gasteiger partial charge in [-0.1, -0.05) is 30.3 Å². The first kappa shape index (κ1) is 18.7. The zero-order chi connectivity index (χ0) is 19.5. The van der Waals surface area contributed by atoms with Gasteiger partial charge in [-0.05, 0) is 68.5 Å². The number of rotatable bonds is 6. The first-order valence-corrected chi connectivity index (χ1v) is 10.1. The molecule has 5 heteroatoms. The first-order valence-electron chi connectivity index (χ1n) is 10.1. The number of fused-ring (bicyclic) bond motifs is 1. The van der Waals surface area contributed by atoms with E-state index in [1.807, 2.05) is 13.1 Å². The van der Waals surface area contributed by atoms with E-state index in [4.69, 9.17) is 0 Å². The second-order valence-corrected chi connectivity index (χ2v) is 7.90. The molecule has 2 aliphatic carbocycles. The standard InChI is InChI=1S/C23H27N3O2/c1-26(21-11-5-7-16-6-2-3-10-20(16)21)15-22(27)24-19-9-4-8-17(14-19)23(28)25-18-12-13-18/h2-4,6,8-10,14,18,21H,5,7,11-13,15H2,1H3,(H,24,27)(H,25,28). The Bertz CT molecular complexity index is 876. The number of likely N-dealkylation sites (N-methyl/N-ethyl adjacent to an activating group) is 1. The molecular formula is C23H27N3O2. The summed E-state index contributed by atoms with van der Waals surface area (Å²) in [4.78, 5) is 26.9. The minimum Gasteiger partial charge on any atom is -0.349 e. The quantitative estimate of drug-likeness (QED) is 0.810. The molecule has 28 heavy (non-hydrogen) atoms. The van der Waals surface area contributed by atoms with Crippen LogP contribution in [-0.4, -0.2) is 36.3 Å². The second kappa shape index (κ2) is 8.15. The molecule has 0 aliphatic heterocycles. The Morgan fingerprint density at radius 1 is 1.07 bits per heavy atom. The van der Waals surface area contributed by atoms with Crippen molar-refractivity contribution in [2.24, 2.45) is 0 Å². The van der Waals surface area contributed by atoms with Crippen molar-refractivity contribution >= 4 is 17.5 Å². The van der Waals surface area contributed by atoms with Crippen LogP contribution in [0.25, 0.3) is 0 Å². The summed E-state index contributed by atoms with van der Waals surface area (Å²) >= 11 is 0. The first-order chi connectivity index (χ1) is 13.6. The third kappa shape index (κ3) is 4.42. The number of hydrogen-bond acceptors (Lipinski definition) is 3. The average Bonchev–Trinajstić information content (AvgIpc) is 3.51. The number of amides is 2. The maximum atomic E-state index is 12.6. The monoisotopic (exact) mass is 377 g/mol. The number of nitrogens with zero attached hydrogens (tertiary/aromatic N) is 1. The van der Waals surface area contributed by atoms with Crippen LogP contribution in [0.15, 0.2) is 48.5 Å². The zero-order valence-corrected chi connectivity index (χ0v) is 16.3. The zero-order valence-electron chi connectivity index (χ0n) is 16.3. The van der Waals surface area contributed by atoms with Crippen LogP contribution < -0.4 is 10.6 Å². The van der Waals surface area contributed by atoms with Gasteiger partial charge in [0.25, 0.3) is 5.91 Å². The lowest BCUT2D eigenvalue weighted by Gasteiger charge is -2.32. The fourth-order valence-corrected chi connectivity index (χ4v) is 3.96. The SMILES string of the molecule is CN(CC(=O)Nc1cccc(C(=O)NC2CC2)c1)C1CCCc2ccccc21. The summed E-state index contributed by atoms with van der Waals surface area (Å²) in [5.74, 6) is -0.139. The lowest BCUT2D eigenvalue weighted by atomic mass is 9.87. The predicted molar refractivity (Wildman–Crippen MR) is 110 cm³/mol. The van der Waals surface area contributed by atoms with Crippen molar-refractivity contribution in [1.29, 1.82) is 0 Å². The number of aryl methyl sites for hydroxylation is 1. The topological polar surface area (TPSA) is 61.4 Å². The van der Waals surface area contributed by atoms with E-state index in [9.17, 15) is 9.59 Å². The van der Waals surface area contributed by atoms with E-state index in [0.717, 1.165) is 32.1 Å². The third-order valence-corrected chi connectivity index (χ3v) is 5.58. The Morgan fingerprint density at radius 3 is 2.71 bits per heavy atom. The van der Waals surface area contributed by atoms with E-state index in [1.54, 1.807) is 18.2 Å². The van der Waals surface area contributed by atoms with Gasteiger partial charge in [0.05, 0.1) is 6.54 Å². The highest BCUT2D eigenvalue weighted by Crippen LogP contribution is 2.33. The fraction of sp³-hybridized carbons (Fsp3) is 0.391. The molecule has 1 saturated carbocycles. The Kier molecular flexibility index (Phi) is 5.44. The molecule has 1 atom stereocenters. The summed E-state index contributed by atoms with van der Waals surface area (Å²) in [5, 5.41) is 5.91. The van der Waals surface area contributed by atoms with Gasteiger partial charge in [-0.3, -0.25) is 14.5 Å². The van der Waals surface area contributed by atoms with E-state index < -0.39 is 0 Å². The highest BCUT2D eigenvalue weighted by atomic mass is 16.2. The summed E-state index contributed by atoms with van der Waals surface area (Å²) < 4.78 is 0. The molecule has 0 bridgehead atoms. The van der Waals surface area contributed by atoms with E-state index >= 15 is 0 Å². The Hall–Kier alpha value is -2.66. The van der Waals surface area contributed by atoms with Crippen molar-refractivity contribution in [3.63, 3.8) is 0 Å². The third-order valence-electron chi connectivity index (χ3n) is 5.58. The Morgan fingerprint density at radius 2 is 1.89 bits per heavy atom. The molecule has 5 nitrogen and oxygen atoms in total. The van der Waals surface area contributed by atoms with Gasteiger partial charge in [0.2, 0.25) is 5.91 Å². The molecule has 0 radical (unpaired) electrons. The summed E-state index contributed by atoms with van der Waals surface area (Å²) in [5.41, 5.74) is 3.97. The van der Waals surface area contributed by atoms with E-state index in [1.165, 1.54) is 11.1 Å². The van der Waals surface area contributed by atoms with Gasteiger partial charge in [0.15, 0.2) is 0 Å². The molecule has 0 aromatic heterocycles. The number of carbonyl (C=O) groups is 2. The van der Waals surface area contributed by atoms with Crippen LogP contribution in [0, 0.1) is 0 Å². The maximum absolute atomic E-state index is 12.6. The number of carbonyl (C=O) groups excluding carboxylic acids is 2. The molecule has 1 fully saturated rings. The van der Waals surface area contributed by atoms with E-state index in [0.29, 0.717) is 23.8 Å². The molecule has 2 aliphatic rings. The van der Waals surface area contributed by atoms with Gasteiger partial charge in [0, 0.05) is 23.3 Å².